The first-order valence-corrected chi connectivity index (χ1v) is 6.01. The van der Waals surface area contributed by atoms with Gasteiger partial charge in [0.1, 0.15) is 0 Å². The van der Waals surface area contributed by atoms with E-state index in [0.29, 0.717) is 12.7 Å². The SMILES string of the molecule is CNC(C)B(c1cc[c]cc1)c1ccccc1. The monoisotopic (exact) mass is 222 g/mol. The third kappa shape index (κ3) is 2.77. The predicted octanol–water partition coefficient (Wildman–Crippen LogP) is 1.24. The molecule has 0 aliphatic carbocycles. The maximum absolute atomic E-state index is 3.35. The van der Waals surface area contributed by atoms with Crippen LogP contribution in [0.4, 0.5) is 0 Å². The maximum atomic E-state index is 3.35. The minimum atomic E-state index is 0.385. The van der Waals surface area contributed by atoms with Crippen molar-refractivity contribution in [3.63, 3.8) is 0 Å². The highest BCUT2D eigenvalue weighted by atomic mass is 14.8. The fraction of sp³-hybridized carbons (Fsp3) is 0.200. The van der Waals surface area contributed by atoms with Crippen molar-refractivity contribution < 1.29 is 0 Å². The summed E-state index contributed by atoms with van der Waals surface area (Å²) in [4.78, 5) is 0. The summed E-state index contributed by atoms with van der Waals surface area (Å²) in [5.74, 6) is 0.403. The van der Waals surface area contributed by atoms with Gasteiger partial charge >= 0.3 is 0 Å². The zero-order valence-corrected chi connectivity index (χ0v) is 10.4. The maximum Gasteiger partial charge on any atom is 0.226 e. The first kappa shape index (κ1) is 11.9. The van der Waals surface area contributed by atoms with Crippen LogP contribution in [-0.2, 0) is 0 Å². The van der Waals surface area contributed by atoms with Crippen molar-refractivity contribution in [2.24, 2.45) is 0 Å². The molecule has 0 fully saturated rings. The highest BCUT2D eigenvalue weighted by Crippen LogP contribution is 1.97. The minimum Gasteiger partial charge on any atom is -0.323 e. The van der Waals surface area contributed by atoms with E-state index in [1.165, 1.54) is 10.9 Å². The van der Waals surface area contributed by atoms with Crippen LogP contribution in [0.25, 0.3) is 0 Å². The zero-order valence-electron chi connectivity index (χ0n) is 10.4. The molecule has 2 aromatic carbocycles. The van der Waals surface area contributed by atoms with E-state index in [1.807, 2.05) is 19.2 Å². The van der Waals surface area contributed by atoms with Gasteiger partial charge in [-0.3, -0.25) is 0 Å². The van der Waals surface area contributed by atoms with Gasteiger partial charge in [0.25, 0.3) is 0 Å². The largest absolute Gasteiger partial charge is 0.323 e. The standard InChI is InChI=1S/C15H17BN/c1-13(17-2)16(14-9-5-3-6-10-14)15-11-7-4-8-12-15/h3,5-13,17H,1-2H3. The molecule has 0 amide bonds. The van der Waals surface area contributed by atoms with Crippen LogP contribution in [0.1, 0.15) is 6.92 Å². The highest BCUT2D eigenvalue weighted by Gasteiger charge is 2.24. The van der Waals surface area contributed by atoms with Crippen LogP contribution >= 0.6 is 0 Å². The van der Waals surface area contributed by atoms with Gasteiger partial charge in [-0.1, -0.05) is 72.4 Å². The summed E-state index contributed by atoms with van der Waals surface area (Å²) in [6, 6.07) is 22.0. The Morgan fingerprint density at radius 2 is 1.59 bits per heavy atom. The van der Waals surface area contributed by atoms with Crippen molar-refractivity contribution in [1.29, 1.82) is 0 Å². The van der Waals surface area contributed by atoms with Crippen LogP contribution in [0.15, 0.2) is 54.6 Å². The summed E-state index contributed by atoms with van der Waals surface area (Å²) in [6.45, 7) is 2.60. The van der Waals surface area contributed by atoms with E-state index in [4.69, 9.17) is 0 Å². The van der Waals surface area contributed by atoms with E-state index in [9.17, 15) is 0 Å². The fourth-order valence-corrected chi connectivity index (χ4v) is 2.20. The number of benzene rings is 2. The molecule has 0 aliphatic heterocycles. The Morgan fingerprint density at radius 1 is 1.00 bits per heavy atom. The molecule has 1 nitrogen and oxygen atoms in total. The second kappa shape index (κ2) is 5.69. The third-order valence-corrected chi connectivity index (χ3v) is 3.22. The van der Waals surface area contributed by atoms with Crippen molar-refractivity contribution in [3.8, 4) is 0 Å². The van der Waals surface area contributed by atoms with Gasteiger partial charge in [-0.15, -0.1) is 0 Å². The van der Waals surface area contributed by atoms with E-state index in [2.05, 4.69) is 60.8 Å². The molecule has 0 aromatic heterocycles. The second-order valence-electron chi connectivity index (χ2n) is 4.30. The topological polar surface area (TPSA) is 12.0 Å². The molecular formula is C15H17BN. The summed E-state index contributed by atoms with van der Waals surface area (Å²) in [5.41, 5.74) is 2.68. The Bertz CT molecular complexity index is 401. The quantitative estimate of drug-likeness (QED) is 0.767. The van der Waals surface area contributed by atoms with Gasteiger partial charge in [-0.25, -0.2) is 0 Å². The lowest BCUT2D eigenvalue weighted by atomic mass is 9.36. The van der Waals surface area contributed by atoms with E-state index < -0.39 is 0 Å². The number of hydrogen-bond acceptors (Lipinski definition) is 1. The first-order chi connectivity index (χ1) is 8.33. The van der Waals surface area contributed by atoms with Gasteiger partial charge in [0.05, 0.1) is 0 Å². The first-order valence-electron chi connectivity index (χ1n) is 6.01. The average molecular weight is 222 g/mol. The average Bonchev–Trinajstić information content (AvgIpc) is 2.41. The van der Waals surface area contributed by atoms with E-state index in [1.54, 1.807) is 0 Å². The second-order valence-corrected chi connectivity index (χ2v) is 4.30. The molecule has 0 spiro atoms. The summed E-state index contributed by atoms with van der Waals surface area (Å²) in [7, 11) is 2.01. The Labute approximate surface area is 104 Å². The number of nitrogens with one attached hydrogen (secondary N) is 1. The molecule has 0 heterocycles. The van der Waals surface area contributed by atoms with E-state index in [-0.39, 0.29) is 0 Å². The lowest BCUT2D eigenvalue weighted by Gasteiger charge is -2.21. The summed E-state index contributed by atoms with van der Waals surface area (Å²) in [5, 5.41) is 3.35. The molecule has 1 atom stereocenters. The fourth-order valence-electron chi connectivity index (χ4n) is 2.20. The molecule has 1 unspecified atom stereocenters. The Morgan fingerprint density at radius 3 is 2.18 bits per heavy atom. The predicted molar refractivity (Wildman–Crippen MR) is 75.3 cm³/mol. The summed E-state index contributed by atoms with van der Waals surface area (Å²) in [6.07, 6.45) is 0. The van der Waals surface area contributed by atoms with Crippen LogP contribution in [0.2, 0.25) is 0 Å². The van der Waals surface area contributed by atoms with Gasteiger partial charge in [-0.2, -0.15) is 0 Å². The molecule has 0 aliphatic rings. The lowest BCUT2D eigenvalue weighted by Crippen LogP contribution is -2.55. The van der Waals surface area contributed by atoms with Crippen molar-refractivity contribution in [2.75, 3.05) is 7.05 Å². The molecule has 0 saturated carbocycles. The van der Waals surface area contributed by atoms with Crippen LogP contribution in [0.3, 0.4) is 0 Å². The van der Waals surface area contributed by atoms with Crippen molar-refractivity contribution in [3.05, 3.63) is 60.7 Å². The molecule has 17 heavy (non-hydrogen) atoms. The van der Waals surface area contributed by atoms with E-state index >= 15 is 0 Å². The van der Waals surface area contributed by atoms with Gasteiger partial charge in [-0.05, 0) is 19.1 Å². The van der Waals surface area contributed by atoms with Crippen molar-refractivity contribution in [2.45, 2.75) is 12.9 Å². The van der Waals surface area contributed by atoms with Crippen LogP contribution in [-0.4, -0.2) is 19.7 Å². The molecule has 1 radical (unpaired) electrons. The van der Waals surface area contributed by atoms with Crippen LogP contribution < -0.4 is 16.2 Å². The molecule has 2 heteroatoms. The van der Waals surface area contributed by atoms with Gasteiger partial charge in [0.2, 0.25) is 6.71 Å². The molecule has 0 bridgehead atoms. The number of hydrogen-bond donors (Lipinski definition) is 1. The molecule has 85 valence electrons. The summed E-state index contributed by atoms with van der Waals surface area (Å²) < 4.78 is 0. The minimum absolute atomic E-state index is 0.385. The Hall–Kier alpha value is -1.54. The summed E-state index contributed by atoms with van der Waals surface area (Å²) >= 11 is 0. The molecule has 0 saturated heterocycles. The normalized spacial score (nSPS) is 12.1. The van der Waals surface area contributed by atoms with E-state index in [0.717, 1.165) is 0 Å². The zero-order chi connectivity index (χ0) is 12.1. The highest BCUT2D eigenvalue weighted by molar-refractivity contribution is 6.86. The molecular weight excluding hydrogens is 205 g/mol. The Balaban J connectivity index is 2.39. The number of rotatable bonds is 4. The molecule has 2 aromatic rings. The molecule has 1 N–H and O–H groups in total. The smallest absolute Gasteiger partial charge is 0.226 e. The van der Waals surface area contributed by atoms with Crippen LogP contribution in [0.5, 0.6) is 0 Å². The lowest BCUT2D eigenvalue weighted by molar-refractivity contribution is 0.783. The van der Waals surface area contributed by atoms with Crippen molar-refractivity contribution >= 4 is 17.6 Å². The van der Waals surface area contributed by atoms with Crippen LogP contribution in [0, 0.1) is 6.07 Å². The Kier molecular flexibility index (Phi) is 4.00. The van der Waals surface area contributed by atoms with Crippen molar-refractivity contribution in [1.82, 2.24) is 5.32 Å². The van der Waals surface area contributed by atoms with Gasteiger partial charge < -0.3 is 5.32 Å². The third-order valence-electron chi connectivity index (χ3n) is 3.22. The molecule has 2 rings (SSSR count). The van der Waals surface area contributed by atoms with Gasteiger partial charge in [0, 0.05) is 0 Å². The van der Waals surface area contributed by atoms with Gasteiger partial charge in [0.15, 0.2) is 0 Å².